The molecule has 0 unspecified atom stereocenters. The van der Waals surface area contributed by atoms with Crippen molar-refractivity contribution in [2.75, 3.05) is 23.3 Å². The van der Waals surface area contributed by atoms with E-state index >= 15 is 0 Å². The van der Waals surface area contributed by atoms with Gasteiger partial charge < -0.3 is 10.2 Å². The Morgan fingerprint density at radius 3 is 2.59 bits per heavy atom. The molecule has 2 aromatic heterocycles. The second-order valence-corrected chi connectivity index (χ2v) is 7.78. The first-order valence-electron chi connectivity index (χ1n) is 8.78. The van der Waals surface area contributed by atoms with Crippen molar-refractivity contribution < 1.29 is 14.2 Å². The number of nitrogens with one attached hydrogen (secondary N) is 1. The van der Waals surface area contributed by atoms with Crippen molar-refractivity contribution in [1.29, 1.82) is 0 Å². The van der Waals surface area contributed by atoms with Crippen LogP contribution in [0.4, 0.5) is 20.4 Å². The summed E-state index contributed by atoms with van der Waals surface area (Å²) in [4.78, 5) is 10.8. The summed E-state index contributed by atoms with van der Waals surface area (Å²) in [6, 6.07) is 0. The standard InChI is InChI=1S/C17H24F2N8/c1-16(2,3)15-23-13(21-8-11-9-22-25-26(11)4)12(7-20)14(24-15)27-6-5-17(18,19)10-27/h7,9,20H,5-6,8,10H2,1-4H3,(H,21,23,24)/p+1. The van der Waals surface area contributed by atoms with Gasteiger partial charge in [0.15, 0.2) is 6.21 Å². The molecular formula is C17H25F2N8+. The number of nitrogens with two attached hydrogens (primary N) is 1. The highest BCUT2D eigenvalue weighted by Crippen LogP contribution is 2.34. The number of aryl methyl sites for hydroxylation is 1. The van der Waals surface area contributed by atoms with Crippen LogP contribution in [0.3, 0.4) is 0 Å². The lowest BCUT2D eigenvalue weighted by atomic mass is 9.95. The van der Waals surface area contributed by atoms with Gasteiger partial charge >= 0.3 is 0 Å². The zero-order valence-corrected chi connectivity index (χ0v) is 16.0. The van der Waals surface area contributed by atoms with Crippen molar-refractivity contribution in [2.45, 2.75) is 45.1 Å². The van der Waals surface area contributed by atoms with Crippen LogP contribution in [0.1, 0.15) is 44.3 Å². The van der Waals surface area contributed by atoms with Crippen LogP contribution in [0, 0.1) is 0 Å². The minimum atomic E-state index is -2.73. The van der Waals surface area contributed by atoms with Gasteiger partial charge in [-0.1, -0.05) is 26.0 Å². The molecule has 0 atom stereocenters. The van der Waals surface area contributed by atoms with E-state index in [1.807, 2.05) is 20.8 Å². The summed E-state index contributed by atoms with van der Waals surface area (Å²) in [5, 5.41) is 16.8. The number of halogens is 2. The fraction of sp³-hybridized carbons (Fsp3) is 0.588. The molecule has 1 fully saturated rings. The maximum atomic E-state index is 13.8. The minimum Gasteiger partial charge on any atom is -0.364 e. The molecule has 1 aliphatic heterocycles. The predicted molar refractivity (Wildman–Crippen MR) is 97.9 cm³/mol. The molecule has 0 bridgehead atoms. The van der Waals surface area contributed by atoms with Crippen LogP contribution < -0.4 is 15.6 Å². The minimum absolute atomic E-state index is 0.199. The molecule has 146 valence electrons. The Kier molecular flexibility index (Phi) is 4.83. The Morgan fingerprint density at radius 1 is 1.33 bits per heavy atom. The number of aromatic nitrogens is 5. The summed E-state index contributed by atoms with van der Waals surface area (Å²) in [5.41, 5.74) is 1.01. The largest absolute Gasteiger partial charge is 0.364 e. The summed E-state index contributed by atoms with van der Waals surface area (Å²) in [6.07, 6.45) is 2.81. The molecule has 3 rings (SSSR count). The molecule has 27 heavy (non-hydrogen) atoms. The Bertz CT molecular complexity index is 840. The monoisotopic (exact) mass is 379 g/mol. The predicted octanol–water partition coefficient (Wildman–Crippen LogP) is 0.538. The maximum Gasteiger partial charge on any atom is 0.266 e. The molecule has 0 saturated carbocycles. The molecule has 0 aromatic carbocycles. The number of rotatable bonds is 5. The first kappa shape index (κ1) is 19.1. The Balaban J connectivity index is 2.01. The van der Waals surface area contributed by atoms with E-state index in [1.165, 1.54) is 6.21 Å². The lowest BCUT2D eigenvalue weighted by Gasteiger charge is -2.24. The normalized spacial score (nSPS) is 16.6. The molecule has 0 aliphatic carbocycles. The van der Waals surface area contributed by atoms with Crippen LogP contribution in [-0.4, -0.2) is 50.2 Å². The molecule has 10 heteroatoms. The van der Waals surface area contributed by atoms with Gasteiger partial charge in [0.1, 0.15) is 23.0 Å². The van der Waals surface area contributed by atoms with E-state index in [4.69, 9.17) is 5.41 Å². The summed E-state index contributed by atoms with van der Waals surface area (Å²) in [6.45, 7) is 6.20. The van der Waals surface area contributed by atoms with Gasteiger partial charge in [-0.3, -0.25) is 10.1 Å². The van der Waals surface area contributed by atoms with Crippen molar-refractivity contribution in [1.82, 2.24) is 25.0 Å². The van der Waals surface area contributed by atoms with Crippen LogP contribution in [0.25, 0.3) is 0 Å². The number of hydrogen-bond acceptors (Lipinski definition) is 6. The van der Waals surface area contributed by atoms with E-state index in [1.54, 1.807) is 22.8 Å². The Morgan fingerprint density at radius 2 is 2.07 bits per heavy atom. The third kappa shape index (κ3) is 4.04. The highest BCUT2D eigenvalue weighted by molar-refractivity contribution is 5.89. The molecule has 0 radical (unpaired) electrons. The van der Waals surface area contributed by atoms with Gasteiger partial charge in [0.05, 0.1) is 25.0 Å². The van der Waals surface area contributed by atoms with Gasteiger partial charge in [-0.25, -0.2) is 18.7 Å². The molecule has 3 N–H and O–H groups in total. The third-order valence-electron chi connectivity index (χ3n) is 4.48. The lowest BCUT2D eigenvalue weighted by molar-refractivity contribution is -0.104. The van der Waals surface area contributed by atoms with Crippen LogP contribution in [0.15, 0.2) is 6.20 Å². The zero-order chi connectivity index (χ0) is 19.8. The van der Waals surface area contributed by atoms with E-state index in [9.17, 15) is 8.78 Å². The Labute approximate surface area is 156 Å². The van der Waals surface area contributed by atoms with Gasteiger partial charge in [-0.15, -0.1) is 5.10 Å². The SMILES string of the molecule is Cn1nncc1CNc1nc(C(C)(C)C)nc(N2CCC(F)(F)C2)c1C=[NH2+]. The molecule has 1 aliphatic rings. The van der Waals surface area contributed by atoms with Gasteiger partial charge in [0.2, 0.25) is 0 Å². The summed E-state index contributed by atoms with van der Waals surface area (Å²) >= 11 is 0. The van der Waals surface area contributed by atoms with Crippen molar-refractivity contribution in [2.24, 2.45) is 7.05 Å². The highest BCUT2D eigenvalue weighted by Gasteiger charge is 2.40. The van der Waals surface area contributed by atoms with E-state index in [0.717, 1.165) is 5.69 Å². The summed E-state index contributed by atoms with van der Waals surface area (Å²) < 4.78 is 29.2. The van der Waals surface area contributed by atoms with Gasteiger partial charge in [-0.05, 0) is 0 Å². The summed E-state index contributed by atoms with van der Waals surface area (Å²) in [7, 11) is 1.79. The van der Waals surface area contributed by atoms with Crippen LogP contribution in [0.2, 0.25) is 0 Å². The van der Waals surface area contributed by atoms with Gasteiger partial charge in [0.25, 0.3) is 5.92 Å². The smallest absolute Gasteiger partial charge is 0.266 e. The van der Waals surface area contributed by atoms with Crippen LogP contribution in [0.5, 0.6) is 0 Å². The van der Waals surface area contributed by atoms with E-state index in [-0.39, 0.29) is 24.9 Å². The number of nitrogens with zero attached hydrogens (tertiary/aromatic N) is 6. The van der Waals surface area contributed by atoms with E-state index < -0.39 is 5.92 Å². The first-order chi connectivity index (χ1) is 12.6. The molecular weight excluding hydrogens is 354 g/mol. The molecule has 8 nitrogen and oxygen atoms in total. The number of anilines is 2. The molecule has 1 saturated heterocycles. The zero-order valence-electron chi connectivity index (χ0n) is 16.0. The molecule has 2 aromatic rings. The molecule has 3 heterocycles. The van der Waals surface area contributed by atoms with Crippen molar-refractivity contribution in [3.63, 3.8) is 0 Å². The second kappa shape index (κ2) is 6.82. The molecule has 0 spiro atoms. The van der Waals surface area contributed by atoms with E-state index in [0.29, 0.717) is 29.6 Å². The Hall–Kier alpha value is -2.65. The maximum absolute atomic E-state index is 13.8. The lowest BCUT2D eigenvalue weighted by Crippen LogP contribution is -2.34. The average Bonchev–Trinajstić information content (AvgIpc) is 3.16. The fourth-order valence-corrected chi connectivity index (χ4v) is 2.88. The van der Waals surface area contributed by atoms with Gasteiger partial charge in [0, 0.05) is 25.4 Å². The quantitative estimate of drug-likeness (QED) is 0.736. The average molecular weight is 379 g/mol. The highest BCUT2D eigenvalue weighted by atomic mass is 19.3. The van der Waals surface area contributed by atoms with Crippen molar-refractivity contribution in [3.05, 3.63) is 23.3 Å². The molecule has 0 amide bonds. The van der Waals surface area contributed by atoms with Crippen LogP contribution in [-0.2, 0) is 19.0 Å². The third-order valence-corrected chi connectivity index (χ3v) is 4.48. The van der Waals surface area contributed by atoms with Crippen molar-refractivity contribution >= 4 is 17.9 Å². The van der Waals surface area contributed by atoms with Gasteiger partial charge in [-0.2, -0.15) is 0 Å². The first-order valence-corrected chi connectivity index (χ1v) is 8.78. The van der Waals surface area contributed by atoms with Crippen molar-refractivity contribution in [3.8, 4) is 0 Å². The second-order valence-electron chi connectivity index (χ2n) is 7.78. The number of hydrogen-bond donors (Lipinski definition) is 2. The van der Waals surface area contributed by atoms with E-state index in [2.05, 4.69) is 25.6 Å². The van der Waals surface area contributed by atoms with Crippen LogP contribution >= 0.6 is 0 Å². The number of alkyl halides is 2. The topological polar surface area (TPSA) is 97.4 Å². The summed E-state index contributed by atoms with van der Waals surface area (Å²) in [5.74, 6) is -1.24. The fourth-order valence-electron chi connectivity index (χ4n) is 2.88.